The molecule has 0 aliphatic rings. The zero-order chi connectivity index (χ0) is 15.7. The predicted octanol–water partition coefficient (Wildman–Crippen LogP) is 2.76. The minimum absolute atomic E-state index is 0.0901. The van der Waals surface area contributed by atoms with Gasteiger partial charge in [-0.2, -0.15) is 5.10 Å². The second-order valence-electron chi connectivity index (χ2n) is 5.04. The first-order valence-electron chi connectivity index (χ1n) is 6.71. The van der Waals surface area contributed by atoms with Crippen LogP contribution >= 0.6 is 11.8 Å². The van der Waals surface area contributed by atoms with Crippen molar-refractivity contribution in [1.29, 1.82) is 0 Å². The Bertz CT molecular complexity index is 655. The number of nitrogens with one attached hydrogen (secondary N) is 1. The number of aryl methyl sites for hydroxylation is 4. The Hall–Kier alpha value is -1.76. The molecular weight excluding hydrogens is 288 g/mol. The fourth-order valence-electron chi connectivity index (χ4n) is 1.88. The van der Waals surface area contributed by atoms with Gasteiger partial charge in [-0.1, -0.05) is 11.8 Å². The Labute approximate surface area is 128 Å². The maximum atomic E-state index is 12.3. The van der Waals surface area contributed by atoms with Gasteiger partial charge in [0.25, 0.3) is 5.22 Å². The zero-order valence-electron chi connectivity index (χ0n) is 13.1. The molecule has 0 fully saturated rings. The second-order valence-corrected chi connectivity index (χ2v) is 6.33. The summed E-state index contributed by atoms with van der Waals surface area (Å²) in [5.41, 5.74) is 3.36. The van der Waals surface area contributed by atoms with E-state index in [1.807, 2.05) is 41.7 Å². The summed E-state index contributed by atoms with van der Waals surface area (Å²) >= 11 is 1.31. The number of rotatable bonds is 4. The highest BCUT2D eigenvalue weighted by atomic mass is 32.2. The average molecular weight is 308 g/mol. The third-order valence-corrected chi connectivity index (χ3v) is 4.36. The van der Waals surface area contributed by atoms with Gasteiger partial charge < -0.3 is 9.73 Å². The van der Waals surface area contributed by atoms with Crippen molar-refractivity contribution in [3.8, 4) is 0 Å². The van der Waals surface area contributed by atoms with Crippen molar-refractivity contribution in [3.05, 3.63) is 22.8 Å². The number of hydrogen-bond donors (Lipinski definition) is 1. The number of thioether (sulfide) groups is 1. The van der Waals surface area contributed by atoms with Crippen LogP contribution in [0.1, 0.15) is 29.8 Å². The monoisotopic (exact) mass is 308 g/mol. The normalized spacial score (nSPS) is 12.5. The summed E-state index contributed by atoms with van der Waals surface area (Å²) in [4.78, 5) is 16.6. The summed E-state index contributed by atoms with van der Waals surface area (Å²) in [6.45, 7) is 9.38. The van der Waals surface area contributed by atoms with Gasteiger partial charge in [0.1, 0.15) is 5.76 Å². The molecule has 1 N–H and O–H groups in total. The lowest BCUT2D eigenvalue weighted by molar-refractivity contribution is -0.115. The Morgan fingerprint density at radius 1 is 1.29 bits per heavy atom. The van der Waals surface area contributed by atoms with Gasteiger partial charge >= 0.3 is 0 Å². The minimum Gasteiger partial charge on any atom is -0.437 e. The van der Waals surface area contributed by atoms with E-state index in [9.17, 15) is 4.79 Å². The van der Waals surface area contributed by atoms with Crippen molar-refractivity contribution >= 4 is 23.4 Å². The van der Waals surface area contributed by atoms with E-state index in [1.165, 1.54) is 11.8 Å². The number of anilines is 1. The summed E-state index contributed by atoms with van der Waals surface area (Å²) in [5, 5.41) is 7.43. The molecule has 1 amide bonds. The van der Waals surface area contributed by atoms with Crippen LogP contribution in [0.3, 0.4) is 0 Å². The molecule has 0 aliphatic carbocycles. The van der Waals surface area contributed by atoms with Gasteiger partial charge in [0.05, 0.1) is 28.0 Å². The molecule has 2 aromatic heterocycles. The Kier molecular flexibility index (Phi) is 4.41. The fraction of sp³-hybridized carbons (Fsp3) is 0.500. The molecule has 2 rings (SSSR count). The van der Waals surface area contributed by atoms with Crippen LogP contribution in [0.4, 0.5) is 5.69 Å². The highest BCUT2D eigenvalue weighted by molar-refractivity contribution is 8.00. The molecule has 114 valence electrons. The van der Waals surface area contributed by atoms with Crippen LogP contribution in [0.5, 0.6) is 0 Å². The van der Waals surface area contributed by atoms with E-state index in [0.29, 0.717) is 5.22 Å². The molecule has 0 aliphatic heterocycles. The molecule has 0 saturated carbocycles. The van der Waals surface area contributed by atoms with Crippen molar-refractivity contribution in [2.24, 2.45) is 7.05 Å². The number of hydrogen-bond acceptors (Lipinski definition) is 5. The quantitative estimate of drug-likeness (QED) is 0.879. The number of aromatic nitrogens is 3. The van der Waals surface area contributed by atoms with Gasteiger partial charge in [-0.25, -0.2) is 4.98 Å². The maximum Gasteiger partial charge on any atom is 0.256 e. The van der Waals surface area contributed by atoms with Gasteiger partial charge in [-0.3, -0.25) is 9.48 Å². The number of oxazole rings is 1. The number of carbonyl (C=O) groups excluding carboxylic acids is 1. The van der Waals surface area contributed by atoms with Crippen LogP contribution in [-0.4, -0.2) is 25.9 Å². The lowest BCUT2D eigenvalue weighted by atomic mass is 10.3. The van der Waals surface area contributed by atoms with E-state index >= 15 is 0 Å². The number of nitrogens with zero attached hydrogens (tertiary/aromatic N) is 3. The van der Waals surface area contributed by atoms with Gasteiger partial charge in [-0.05, 0) is 34.6 Å². The van der Waals surface area contributed by atoms with Crippen molar-refractivity contribution < 1.29 is 9.21 Å². The van der Waals surface area contributed by atoms with E-state index in [0.717, 1.165) is 28.5 Å². The first-order chi connectivity index (χ1) is 9.79. The van der Waals surface area contributed by atoms with Gasteiger partial charge in [0, 0.05) is 7.05 Å². The minimum atomic E-state index is -0.304. The van der Waals surface area contributed by atoms with E-state index in [4.69, 9.17) is 4.42 Å². The molecule has 0 bridgehead atoms. The Balaban J connectivity index is 2.06. The molecule has 6 nitrogen and oxygen atoms in total. The molecule has 2 heterocycles. The van der Waals surface area contributed by atoms with Crippen LogP contribution in [0.15, 0.2) is 9.64 Å². The summed E-state index contributed by atoms with van der Waals surface area (Å²) in [5.74, 6) is 0.691. The molecule has 0 spiro atoms. The molecule has 1 unspecified atom stereocenters. The summed E-state index contributed by atoms with van der Waals surface area (Å²) < 4.78 is 7.25. The number of carbonyl (C=O) groups is 1. The van der Waals surface area contributed by atoms with Crippen molar-refractivity contribution in [2.75, 3.05) is 5.32 Å². The topological polar surface area (TPSA) is 73.0 Å². The number of amides is 1. The molecule has 0 radical (unpaired) electrons. The maximum absolute atomic E-state index is 12.3. The second kappa shape index (κ2) is 5.93. The van der Waals surface area contributed by atoms with Crippen LogP contribution < -0.4 is 5.32 Å². The van der Waals surface area contributed by atoms with Crippen molar-refractivity contribution in [2.45, 2.75) is 45.1 Å². The lowest BCUT2D eigenvalue weighted by Crippen LogP contribution is -2.23. The Morgan fingerprint density at radius 3 is 2.43 bits per heavy atom. The van der Waals surface area contributed by atoms with E-state index in [2.05, 4.69) is 15.4 Å². The van der Waals surface area contributed by atoms with E-state index in [-0.39, 0.29) is 11.2 Å². The van der Waals surface area contributed by atoms with Gasteiger partial charge in [0.15, 0.2) is 0 Å². The van der Waals surface area contributed by atoms with Crippen LogP contribution in [0.2, 0.25) is 0 Å². The average Bonchev–Trinajstić information content (AvgIpc) is 2.83. The lowest BCUT2D eigenvalue weighted by Gasteiger charge is -2.10. The van der Waals surface area contributed by atoms with Crippen LogP contribution in [0.25, 0.3) is 0 Å². The van der Waals surface area contributed by atoms with Crippen molar-refractivity contribution in [1.82, 2.24) is 14.8 Å². The molecular formula is C14H20N4O2S. The fourth-order valence-corrected chi connectivity index (χ4v) is 2.71. The summed E-state index contributed by atoms with van der Waals surface area (Å²) in [6, 6.07) is 0. The third-order valence-electron chi connectivity index (χ3n) is 3.41. The third kappa shape index (κ3) is 3.29. The molecule has 0 saturated heterocycles. The van der Waals surface area contributed by atoms with Crippen LogP contribution in [-0.2, 0) is 11.8 Å². The van der Waals surface area contributed by atoms with Gasteiger partial charge in [-0.15, -0.1) is 0 Å². The zero-order valence-corrected chi connectivity index (χ0v) is 14.0. The SMILES string of the molecule is Cc1nc(SC(C)C(=O)Nc2c(C)nn(C)c2C)oc1C. The molecule has 1 atom stereocenters. The summed E-state index contributed by atoms with van der Waals surface area (Å²) in [6.07, 6.45) is 0. The predicted molar refractivity (Wildman–Crippen MR) is 82.6 cm³/mol. The highest BCUT2D eigenvalue weighted by Crippen LogP contribution is 2.26. The van der Waals surface area contributed by atoms with E-state index < -0.39 is 0 Å². The summed E-state index contributed by atoms with van der Waals surface area (Å²) in [7, 11) is 1.86. The van der Waals surface area contributed by atoms with E-state index in [1.54, 1.807) is 4.68 Å². The molecule has 21 heavy (non-hydrogen) atoms. The molecule has 7 heteroatoms. The first kappa shape index (κ1) is 15.6. The van der Waals surface area contributed by atoms with Crippen LogP contribution in [0, 0.1) is 27.7 Å². The van der Waals surface area contributed by atoms with Gasteiger partial charge in [0.2, 0.25) is 5.91 Å². The standard InChI is InChI=1S/C14H20N4O2S/c1-7-10(4)20-14(15-7)21-11(5)13(19)16-12-8(2)17-18(6)9(12)3/h11H,1-6H3,(H,16,19). The molecule has 0 aromatic carbocycles. The smallest absolute Gasteiger partial charge is 0.256 e. The van der Waals surface area contributed by atoms with Crippen molar-refractivity contribution in [3.63, 3.8) is 0 Å². The Morgan fingerprint density at radius 2 is 1.95 bits per heavy atom. The largest absolute Gasteiger partial charge is 0.437 e. The molecule has 2 aromatic rings. The first-order valence-corrected chi connectivity index (χ1v) is 7.59. The highest BCUT2D eigenvalue weighted by Gasteiger charge is 2.20.